The Balaban J connectivity index is 0.00000182. The molecule has 1 fully saturated rings. The van der Waals surface area contributed by atoms with Crippen molar-refractivity contribution in [1.29, 1.82) is 0 Å². The number of hydrogen-bond acceptors (Lipinski definition) is 5. The van der Waals surface area contributed by atoms with Gasteiger partial charge in [-0.3, -0.25) is 14.6 Å². The third-order valence-corrected chi connectivity index (χ3v) is 6.85. The predicted molar refractivity (Wildman–Crippen MR) is 178 cm³/mol. The van der Waals surface area contributed by atoms with Crippen LogP contribution in [-0.4, -0.2) is 48.7 Å². The number of nitrogens with zero attached hydrogens (tertiary/aromatic N) is 2. The fourth-order valence-electron chi connectivity index (χ4n) is 4.38. The van der Waals surface area contributed by atoms with Gasteiger partial charge in [0.15, 0.2) is 17.5 Å². The molecule has 0 unspecified atom stereocenters. The molecule has 0 aromatic heterocycles. The molecule has 2 aromatic carbocycles. The first-order valence-corrected chi connectivity index (χ1v) is 15.0. The average Bonchev–Trinajstić information content (AvgIpc) is 3.04. The zero-order valence-electron chi connectivity index (χ0n) is 26.9. The first kappa shape index (κ1) is 37.8. The Bertz CT molecular complexity index is 1350. The van der Waals surface area contributed by atoms with Gasteiger partial charge in [-0.2, -0.15) is 0 Å². The maximum absolute atomic E-state index is 14.4. The van der Waals surface area contributed by atoms with Gasteiger partial charge in [-0.1, -0.05) is 39.0 Å². The molecule has 0 bridgehead atoms. The lowest BCUT2D eigenvalue weighted by Crippen LogP contribution is -2.36. The Morgan fingerprint density at radius 1 is 1.07 bits per heavy atom. The zero-order valence-corrected chi connectivity index (χ0v) is 26.9. The molecule has 1 aliphatic heterocycles. The second-order valence-electron chi connectivity index (χ2n) is 9.90. The standard InChI is InChI=1S/C31H39F2N5O.C2H6.CH2O2/c1-6-14-35-30(22(5)36-18-21(4)26-10-8-20(3)28(32)29(26)33)38-25-9-11-27(24(7-2)17-25)31(39)37-19-23-12-15-34-16-13-23;1-2;2-1-3/h6,8-11,14,17-18,23,34H,7,12-13,15-16,19H2,1-5H3,(H,35,38)(H,37,39);1-2H3;1H,(H,2,3)/b14-6-,21-18+,36-22?;;. The molecule has 2 aromatic rings. The Kier molecular flexibility index (Phi) is 17.8. The smallest absolute Gasteiger partial charge is 0.290 e. The number of nitrogens with one attached hydrogen (secondary N) is 3. The van der Waals surface area contributed by atoms with Crippen LogP contribution in [-0.2, 0) is 11.2 Å². The van der Waals surface area contributed by atoms with E-state index in [1.807, 2.05) is 45.9 Å². The number of carbonyl (C=O) groups is 2. The maximum Gasteiger partial charge on any atom is 0.290 e. The highest BCUT2D eigenvalue weighted by Gasteiger charge is 2.17. The number of hydrogen-bond donors (Lipinski definition) is 4. The number of amidine groups is 1. The molecule has 0 saturated carbocycles. The van der Waals surface area contributed by atoms with Crippen LogP contribution in [0.25, 0.3) is 5.57 Å². The number of aryl methyl sites for hydroxylation is 2. The molecular formula is C34H47F2N5O3. The number of allylic oxidation sites excluding steroid dienone is 2. The molecular weight excluding hydrogens is 564 g/mol. The van der Waals surface area contributed by atoms with Crippen LogP contribution in [0.4, 0.5) is 14.5 Å². The normalized spacial score (nSPS) is 14.2. The lowest BCUT2D eigenvalue weighted by atomic mass is 9.97. The summed E-state index contributed by atoms with van der Waals surface area (Å²) in [4.78, 5) is 30.2. The van der Waals surface area contributed by atoms with Gasteiger partial charge in [-0.15, -0.1) is 0 Å². The third kappa shape index (κ3) is 11.8. The summed E-state index contributed by atoms with van der Waals surface area (Å²) in [7, 11) is 0. The first-order valence-electron chi connectivity index (χ1n) is 15.0. The van der Waals surface area contributed by atoms with Crippen molar-refractivity contribution in [1.82, 2.24) is 10.6 Å². The van der Waals surface area contributed by atoms with Crippen LogP contribution in [0.1, 0.15) is 81.4 Å². The number of carboxylic acid groups (broad SMARTS) is 1. The summed E-state index contributed by atoms with van der Waals surface area (Å²) >= 11 is 0. The first-order chi connectivity index (χ1) is 21.2. The summed E-state index contributed by atoms with van der Waals surface area (Å²) in [6, 6.07) is 8.72. The van der Waals surface area contributed by atoms with E-state index >= 15 is 0 Å². The van der Waals surface area contributed by atoms with Gasteiger partial charge in [0.25, 0.3) is 12.4 Å². The van der Waals surface area contributed by atoms with Crippen molar-refractivity contribution < 1.29 is 23.5 Å². The molecule has 8 nitrogen and oxygen atoms in total. The molecule has 4 N–H and O–H groups in total. The van der Waals surface area contributed by atoms with Gasteiger partial charge in [0.05, 0.1) is 5.71 Å². The quantitative estimate of drug-likeness (QED) is 0.137. The molecule has 1 aliphatic rings. The lowest BCUT2D eigenvalue weighted by molar-refractivity contribution is -0.122. The summed E-state index contributed by atoms with van der Waals surface area (Å²) in [6.07, 6.45) is 7.79. The summed E-state index contributed by atoms with van der Waals surface area (Å²) < 4.78 is 28.4. The molecule has 3 rings (SSSR count). The van der Waals surface area contributed by atoms with Gasteiger partial charge < -0.3 is 21.1 Å². The molecule has 240 valence electrons. The Hall–Kier alpha value is -4.18. The summed E-state index contributed by atoms with van der Waals surface area (Å²) in [5.41, 5.74) is 3.83. The fraction of sp³-hybridized carbons (Fsp3) is 0.412. The molecule has 0 aliphatic carbocycles. The van der Waals surface area contributed by atoms with Gasteiger partial charge in [-0.05, 0) is 101 Å². The largest absolute Gasteiger partial charge is 0.483 e. The van der Waals surface area contributed by atoms with Crippen LogP contribution < -0.4 is 16.0 Å². The van der Waals surface area contributed by atoms with Crippen molar-refractivity contribution >= 4 is 35.2 Å². The van der Waals surface area contributed by atoms with Crippen molar-refractivity contribution in [2.45, 2.75) is 67.7 Å². The van der Waals surface area contributed by atoms with Crippen LogP contribution in [0.3, 0.4) is 0 Å². The monoisotopic (exact) mass is 611 g/mol. The fourth-order valence-corrected chi connectivity index (χ4v) is 4.38. The van der Waals surface area contributed by atoms with Crippen molar-refractivity contribution in [2.24, 2.45) is 15.9 Å². The maximum atomic E-state index is 14.4. The Labute approximate surface area is 260 Å². The number of aliphatic imine (C=N–C) groups is 2. The molecule has 10 heteroatoms. The number of benzene rings is 2. The highest BCUT2D eigenvalue weighted by atomic mass is 19.2. The second-order valence-corrected chi connectivity index (χ2v) is 9.90. The van der Waals surface area contributed by atoms with E-state index < -0.39 is 11.6 Å². The van der Waals surface area contributed by atoms with Gasteiger partial charge in [0.1, 0.15) is 0 Å². The highest BCUT2D eigenvalue weighted by Crippen LogP contribution is 2.23. The Morgan fingerprint density at radius 2 is 1.70 bits per heavy atom. The Morgan fingerprint density at radius 3 is 2.32 bits per heavy atom. The van der Waals surface area contributed by atoms with Gasteiger partial charge >= 0.3 is 0 Å². The number of rotatable bonds is 9. The van der Waals surface area contributed by atoms with E-state index in [9.17, 15) is 13.6 Å². The molecule has 0 spiro atoms. The minimum absolute atomic E-state index is 0.0575. The van der Waals surface area contributed by atoms with Crippen LogP contribution in [0.5, 0.6) is 0 Å². The van der Waals surface area contributed by atoms with Crippen LogP contribution in [0.2, 0.25) is 0 Å². The summed E-state index contributed by atoms with van der Waals surface area (Å²) in [5.74, 6) is -0.790. The minimum atomic E-state index is -0.885. The van der Waals surface area contributed by atoms with Gasteiger partial charge in [0.2, 0.25) is 0 Å². The van der Waals surface area contributed by atoms with Crippen LogP contribution >= 0.6 is 0 Å². The van der Waals surface area contributed by atoms with Crippen LogP contribution in [0, 0.1) is 24.5 Å². The lowest BCUT2D eigenvalue weighted by Gasteiger charge is -2.23. The number of piperidine rings is 1. The molecule has 1 amide bonds. The average molecular weight is 612 g/mol. The van der Waals surface area contributed by atoms with E-state index in [1.165, 1.54) is 13.1 Å². The van der Waals surface area contributed by atoms with Gasteiger partial charge in [-0.25, -0.2) is 13.8 Å². The van der Waals surface area contributed by atoms with Crippen molar-refractivity contribution in [2.75, 3.05) is 25.0 Å². The van der Waals surface area contributed by atoms with E-state index in [4.69, 9.17) is 9.90 Å². The zero-order chi connectivity index (χ0) is 33.1. The number of halogens is 2. The molecule has 0 atom stereocenters. The van der Waals surface area contributed by atoms with E-state index in [0.717, 1.165) is 37.2 Å². The third-order valence-electron chi connectivity index (χ3n) is 6.85. The molecule has 1 saturated heterocycles. The molecule has 1 heterocycles. The topological polar surface area (TPSA) is 115 Å². The number of carbonyl (C=O) groups excluding carboxylic acids is 1. The van der Waals surface area contributed by atoms with E-state index in [0.29, 0.717) is 41.6 Å². The van der Waals surface area contributed by atoms with E-state index in [1.54, 1.807) is 38.3 Å². The summed E-state index contributed by atoms with van der Waals surface area (Å²) in [6.45, 7) is 15.3. The van der Waals surface area contributed by atoms with E-state index in [2.05, 4.69) is 25.9 Å². The van der Waals surface area contributed by atoms with Crippen molar-refractivity contribution in [3.05, 3.63) is 82.7 Å². The molecule has 0 radical (unpaired) electrons. The summed E-state index contributed by atoms with van der Waals surface area (Å²) in [5, 5.41) is 16.6. The van der Waals surface area contributed by atoms with Gasteiger partial charge in [0, 0.05) is 35.8 Å². The highest BCUT2D eigenvalue weighted by molar-refractivity contribution is 6.45. The number of amides is 1. The molecule has 44 heavy (non-hydrogen) atoms. The predicted octanol–water partition coefficient (Wildman–Crippen LogP) is 7.16. The number of anilines is 1. The minimum Gasteiger partial charge on any atom is -0.483 e. The van der Waals surface area contributed by atoms with Crippen LogP contribution in [0.15, 0.2) is 58.8 Å². The van der Waals surface area contributed by atoms with E-state index in [-0.39, 0.29) is 23.5 Å². The van der Waals surface area contributed by atoms with Crippen molar-refractivity contribution in [3.8, 4) is 0 Å². The SMILES string of the molecule is C/C=C\N=C(Nc1ccc(C(=O)NCC2CCNCC2)c(CC)c1)C(C)=N/C=C(\C)c1ccc(C)c(F)c1F.CC.O=CO. The van der Waals surface area contributed by atoms with Crippen molar-refractivity contribution in [3.63, 3.8) is 0 Å². The second kappa shape index (κ2) is 20.7.